The summed E-state index contributed by atoms with van der Waals surface area (Å²) < 4.78 is 44.1. The van der Waals surface area contributed by atoms with Gasteiger partial charge in [-0.2, -0.15) is 31.6 Å². The highest BCUT2D eigenvalue weighted by Crippen LogP contribution is 2.45. The van der Waals surface area contributed by atoms with Crippen LogP contribution in [0.2, 0.25) is 0 Å². The molecule has 0 atom stereocenters. The lowest BCUT2D eigenvalue weighted by Gasteiger charge is -2.24. The maximum atomic E-state index is 14.7. The summed E-state index contributed by atoms with van der Waals surface area (Å²) in [4.78, 5) is 0. The number of rotatable bonds is 3. The predicted molar refractivity (Wildman–Crippen MR) is 145 cm³/mol. The highest BCUT2D eigenvalue weighted by Gasteiger charge is 2.25. The number of halogens is 3. The molecule has 0 fully saturated rings. The summed E-state index contributed by atoms with van der Waals surface area (Å²) in [7, 11) is 0. The number of benzene rings is 4. The lowest BCUT2D eigenvalue weighted by atomic mass is 9.79. The molecule has 4 aromatic rings. The van der Waals surface area contributed by atoms with E-state index >= 15 is 0 Å². The van der Waals surface area contributed by atoms with Crippen molar-refractivity contribution in [1.29, 1.82) is 31.6 Å². The van der Waals surface area contributed by atoms with Crippen LogP contribution >= 0.6 is 0 Å². The van der Waals surface area contributed by atoms with Gasteiger partial charge in [0, 0.05) is 0 Å². The zero-order valence-electron chi connectivity index (χ0n) is 22.3. The van der Waals surface area contributed by atoms with E-state index in [0.29, 0.717) is 33.4 Å². The zero-order chi connectivity index (χ0) is 30.9. The summed E-state index contributed by atoms with van der Waals surface area (Å²) in [6, 6.07) is 18.1. The third-order valence-corrected chi connectivity index (χ3v) is 7.06. The maximum Gasteiger partial charge on any atom is 0.158 e. The van der Waals surface area contributed by atoms with Gasteiger partial charge in [0.25, 0.3) is 0 Å². The molecule has 0 aromatic heterocycles. The third-order valence-electron chi connectivity index (χ3n) is 7.06. The fourth-order valence-electron chi connectivity index (χ4n) is 5.31. The minimum atomic E-state index is -0.988. The van der Waals surface area contributed by atoms with E-state index < -0.39 is 17.5 Å². The van der Waals surface area contributed by atoms with Gasteiger partial charge in [-0.25, -0.2) is 13.2 Å². The second-order valence-corrected chi connectivity index (χ2v) is 9.33. The van der Waals surface area contributed by atoms with Crippen molar-refractivity contribution >= 4 is 0 Å². The largest absolute Gasteiger partial charge is 0.204 e. The molecule has 0 aliphatic carbocycles. The van der Waals surface area contributed by atoms with Crippen molar-refractivity contribution in [2.24, 2.45) is 0 Å². The molecule has 0 N–H and O–H groups in total. The standard InChI is InChI=1S/C33H15F3N6/c1-16-28(19-4-22(10-37)31(34)23(5-19)11-38)17(2)30(21-8-26(14-41)33(36)27(9-21)15-42)18(3)29(16)20-6-24(12-39)32(35)25(7-20)13-40/h4-9H,1-3H3. The molecule has 0 unspecified atom stereocenters. The molecular weight excluding hydrogens is 537 g/mol. The lowest BCUT2D eigenvalue weighted by molar-refractivity contribution is 0.620. The molecule has 6 nitrogen and oxygen atoms in total. The third kappa shape index (κ3) is 4.45. The number of nitriles is 6. The average molecular weight is 553 g/mol. The first-order chi connectivity index (χ1) is 20.1. The first-order valence-corrected chi connectivity index (χ1v) is 12.1. The van der Waals surface area contributed by atoms with E-state index in [-0.39, 0.29) is 50.1 Å². The smallest absolute Gasteiger partial charge is 0.158 e. The van der Waals surface area contributed by atoms with Crippen LogP contribution < -0.4 is 0 Å². The van der Waals surface area contributed by atoms with Gasteiger partial charge in [-0.15, -0.1) is 0 Å². The normalized spacial score (nSPS) is 10.0. The Balaban J connectivity index is 2.28. The van der Waals surface area contributed by atoms with Crippen molar-refractivity contribution < 1.29 is 13.2 Å². The predicted octanol–water partition coefficient (Wildman–Crippen LogP) is 7.26. The minimum Gasteiger partial charge on any atom is -0.204 e. The molecule has 0 radical (unpaired) electrons. The Labute approximate surface area is 239 Å². The van der Waals surface area contributed by atoms with Gasteiger partial charge >= 0.3 is 0 Å². The van der Waals surface area contributed by atoms with Gasteiger partial charge in [0.1, 0.15) is 36.4 Å². The zero-order valence-corrected chi connectivity index (χ0v) is 22.3. The van der Waals surface area contributed by atoms with Crippen LogP contribution in [-0.4, -0.2) is 0 Å². The average Bonchev–Trinajstić information content (AvgIpc) is 2.98. The monoisotopic (exact) mass is 552 g/mol. The molecule has 198 valence electrons. The summed E-state index contributed by atoms with van der Waals surface area (Å²) in [5.41, 5.74) is 1.43. The van der Waals surface area contributed by atoms with Gasteiger partial charge in [-0.05, 0) is 107 Å². The van der Waals surface area contributed by atoms with Crippen LogP contribution in [-0.2, 0) is 0 Å². The topological polar surface area (TPSA) is 143 Å². The van der Waals surface area contributed by atoms with E-state index in [1.165, 1.54) is 36.4 Å². The Hall–Kier alpha value is -6.39. The van der Waals surface area contributed by atoms with Crippen LogP contribution in [0.5, 0.6) is 0 Å². The maximum absolute atomic E-state index is 14.7. The molecule has 9 heteroatoms. The SMILES string of the molecule is Cc1c(-c2cc(C#N)c(F)c(C#N)c2)c(C)c(-c2cc(C#N)c(F)c(C#N)c2)c(C)c1-c1cc(C#N)c(F)c(C#N)c1. The van der Waals surface area contributed by atoms with E-state index in [2.05, 4.69) is 0 Å². The molecule has 0 heterocycles. The van der Waals surface area contributed by atoms with E-state index in [1.54, 1.807) is 57.2 Å². The summed E-state index contributed by atoms with van der Waals surface area (Å²) in [6.07, 6.45) is 0. The van der Waals surface area contributed by atoms with Gasteiger partial charge in [-0.3, -0.25) is 0 Å². The van der Waals surface area contributed by atoms with Crippen molar-refractivity contribution in [1.82, 2.24) is 0 Å². The van der Waals surface area contributed by atoms with Gasteiger partial charge in [-0.1, -0.05) is 0 Å². The second kappa shape index (κ2) is 11.0. The minimum absolute atomic E-state index is 0.285. The summed E-state index contributed by atoms with van der Waals surface area (Å²) in [6.45, 7) is 5.09. The van der Waals surface area contributed by atoms with E-state index in [9.17, 15) is 44.7 Å². The molecular formula is C33H15F3N6. The van der Waals surface area contributed by atoms with Crippen molar-refractivity contribution in [2.75, 3.05) is 0 Å². The van der Waals surface area contributed by atoms with Crippen LogP contribution in [0.3, 0.4) is 0 Å². The highest BCUT2D eigenvalue weighted by molar-refractivity contribution is 5.92. The first-order valence-electron chi connectivity index (χ1n) is 12.1. The van der Waals surface area contributed by atoms with Gasteiger partial charge < -0.3 is 0 Å². The second-order valence-electron chi connectivity index (χ2n) is 9.33. The Morgan fingerprint density at radius 1 is 0.381 bits per heavy atom. The van der Waals surface area contributed by atoms with Crippen LogP contribution in [0.25, 0.3) is 33.4 Å². The van der Waals surface area contributed by atoms with E-state index in [1.807, 2.05) is 0 Å². The van der Waals surface area contributed by atoms with Crippen molar-refractivity contribution in [3.05, 3.63) is 104 Å². The quantitative estimate of drug-likeness (QED) is 0.262. The molecule has 4 rings (SSSR count). The first kappa shape index (κ1) is 28.6. The molecule has 0 saturated heterocycles. The van der Waals surface area contributed by atoms with Crippen LogP contribution in [0.4, 0.5) is 13.2 Å². The molecule has 42 heavy (non-hydrogen) atoms. The van der Waals surface area contributed by atoms with Crippen LogP contribution in [0.15, 0.2) is 36.4 Å². The van der Waals surface area contributed by atoms with Crippen LogP contribution in [0.1, 0.15) is 50.1 Å². The fourth-order valence-corrected chi connectivity index (χ4v) is 5.31. The summed E-state index contributed by atoms with van der Waals surface area (Å²) in [5, 5.41) is 57.3. The molecule has 0 bridgehead atoms. The number of hydrogen-bond acceptors (Lipinski definition) is 6. The van der Waals surface area contributed by atoms with Gasteiger partial charge in [0.2, 0.25) is 0 Å². The van der Waals surface area contributed by atoms with Gasteiger partial charge in [0.15, 0.2) is 17.5 Å². The van der Waals surface area contributed by atoms with Gasteiger partial charge in [0.05, 0.1) is 33.4 Å². The molecule has 0 aliphatic rings. The Morgan fingerprint density at radius 3 is 0.690 bits per heavy atom. The summed E-state index contributed by atoms with van der Waals surface area (Å²) >= 11 is 0. The van der Waals surface area contributed by atoms with E-state index in [0.717, 1.165) is 0 Å². The fraction of sp³-hybridized carbons (Fsp3) is 0.0909. The Bertz CT molecular complexity index is 1750. The Morgan fingerprint density at radius 2 is 0.548 bits per heavy atom. The number of nitrogens with zero attached hydrogens (tertiary/aromatic N) is 6. The van der Waals surface area contributed by atoms with E-state index in [4.69, 9.17) is 0 Å². The van der Waals surface area contributed by atoms with Crippen molar-refractivity contribution in [3.8, 4) is 69.8 Å². The number of hydrogen-bond donors (Lipinski definition) is 0. The van der Waals surface area contributed by atoms with Crippen molar-refractivity contribution in [2.45, 2.75) is 20.8 Å². The Kier molecular flexibility index (Phi) is 7.50. The summed E-state index contributed by atoms with van der Waals surface area (Å²) in [5.74, 6) is -2.96. The molecule has 0 spiro atoms. The van der Waals surface area contributed by atoms with Crippen LogP contribution in [0, 0.1) is 106 Å². The lowest BCUT2D eigenvalue weighted by Crippen LogP contribution is -2.04. The molecule has 0 saturated carbocycles. The molecule has 4 aromatic carbocycles. The van der Waals surface area contributed by atoms with Crippen molar-refractivity contribution in [3.63, 3.8) is 0 Å². The molecule has 0 amide bonds. The molecule has 0 aliphatic heterocycles. The highest BCUT2D eigenvalue weighted by atomic mass is 19.1.